The molecule has 0 aliphatic carbocycles. The van der Waals surface area contributed by atoms with Gasteiger partial charge in [-0.05, 0) is 24.1 Å². The van der Waals surface area contributed by atoms with Gasteiger partial charge in [-0.3, -0.25) is 0 Å². The number of aromatic nitrogens is 2. The lowest BCUT2D eigenvalue weighted by molar-refractivity contribution is 0.193. The van der Waals surface area contributed by atoms with Gasteiger partial charge in [-0.25, -0.2) is 9.78 Å². The van der Waals surface area contributed by atoms with Crippen molar-refractivity contribution in [3.63, 3.8) is 0 Å². The number of carbonyl (C=O) groups is 1. The number of urea groups is 1. The Labute approximate surface area is 142 Å². The van der Waals surface area contributed by atoms with E-state index in [0.29, 0.717) is 13.2 Å². The molecule has 2 aromatic rings. The number of ether oxygens (including phenoxy) is 2. The predicted octanol–water partition coefficient (Wildman–Crippen LogP) is 1.85. The Morgan fingerprint density at radius 1 is 1.38 bits per heavy atom. The summed E-state index contributed by atoms with van der Waals surface area (Å²) in [7, 11) is 5.15. The summed E-state index contributed by atoms with van der Waals surface area (Å²) in [6.07, 6.45) is 4.32. The average Bonchev–Trinajstić information content (AvgIpc) is 3.02. The highest BCUT2D eigenvalue weighted by Gasteiger charge is 2.21. The number of aryl methyl sites for hydroxylation is 1. The largest absolute Gasteiger partial charge is 0.497 e. The van der Waals surface area contributed by atoms with Gasteiger partial charge < -0.3 is 24.7 Å². The van der Waals surface area contributed by atoms with Gasteiger partial charge in [0.2, 0.25) is 0 Å². The van der Waals surface area contributed by atoms with Gasteiger partial charge >= 0.3 is 6.03 Å². The van der Waals surface area contributed by atoms with E-state index >= 15 is 0 Å². The number of hydrogen-bond acceptors (Lipinski definition) is 4. The Morgan fingerprint density at radius 2 is 2.21 bits per heavy atom. The van der Waals surface area contributed by atoms with E-state index in [9.17, 15) is 4.79 Å². The molecule has 2 rings (SSSR count). The number of benzene rings is 1. The topological polar surface area (TPSA) is 77.4 Å². The SMILES string of the molecule is COCCCNC(=O)NC(c1cccc(OC)c1)c1nccn1C. The molecular weight excluding hydrogens is 308 g/mol. The fraction of sp³-hybridized carbons (Fsp3) is 0.412. The molecule has 0 fully saturated rings. The highest BCUT2D eigenvalue weighted by molar-refractivity contribution is 5.74. The summed E-state index contributed by atoms with van der Waals surface area (Å²) in [6, 6.07) is 6.97. The molecule has 0 spiro atoms. The van der Waals surface area contributed by atoms with Crippen LogP contribution in [-0.2, 0) is 11.8 Å². The molecule has 1 atom stereocenters. The molecule has 1 unspecified atom stereocenters. The molecule has 1 aromatic carbocycles. The second-order valence-electron chi connectivity index (χ2n) is 5.35. The molecule has 1 aromatic heterocycles. The van der Waals surface area contributed by atoms with Crippen molar-refractivity contribution in [2.45, 2.75) is 12.5 Å². The van der Waals surface area contributed by atoms with E-state index in [4.69, 9.17) is 9.47 Å². The van der Waals surface area contributed by atoms with Crippen LogP contribution in [0.3, 0.4) is 0 Å². The summed E-state index contributed by atoms with van der Waals surface area (Å²) in [4.78, 5) is 16.6. The fourth-order valence-electron chi connectivity index (χ4n) is 2.37. The van der Waals surface area contributed by atoms with Crippen molar-refractivity contribution in [3.8, 4) is 5.75 Å². The minimum atomic E-state index is -0.373. The van der Waals surface area contributed by atoms with Crippen molar-refractivity contribution in [1.29, 1.82) is 0 Å². The first-order chi connectivity index (χ1) is 11.7. The lowest BCUT2D eigenvalue weighted by Crippen LogP contribution is -2.39. The second kappa shape index (κ2) is 8.93. The normalized spacial score (nSPS) is 11.8. The molecule has 0 bridgehead atoms. The Bertz CT molecular complexity index is 657. The van der Waals surface area contributed by atoms with Crippen molar-refractivity contribution in [1.82, 2.24) is 20.2 Å². The summed E-state index contributed by atoms with van der Waals surface area (Å²) in [5, 5.41) is 5.80. The highest BCUT2D eigenvalue weighted by atomic mass is 16.5. The molecule has 24 heavy (non-hydrogen) atoms. The minimum absolute atomic E-state index is 0.248. The van der Waals surface area contributed by atoms with Gasteiger partial charge in [0.15, 0.2) is 0 Å². The molecule has 7 nitrogen and oxygen atoms in total. The highest BCUT2D eigenvalue weighted by Crippen LogP contribution is 2.24. The van der Waals surface area contributed by atoms with Crippen LogP contribution in [0.2, 0.25) is 0 Å². The van der Waals surface area contributed by atoms with E-state index in [1.165, 1.54) is 0 Å². The number of carbonyl (C=O) groups excluding carboxylic acids is 1. The molecule has 0 aliphatic heterocycles. The molecule has 7 heteroatoms. The summed E-state index contributed by atoms with van der Waals surface area (Å²) in [6.45, 7) is 1.16. The summed E-state index contributed by atoms with van der Waals surface area (Å²) in [5.41, 5.74) is 0.899. The summed E-state index contributed by atoms with van der Waals surface area (Å²) < 4.78 is 12.1. The van der Waals surface area contributed by atoms with Crippen molar-refractivity contribution < 1.29 is 14.3 Å². The molecule has 0 aliphatic rings. The van der Waals surface area contributed by atoms with E-state index in [-0.39, 0.29) is 12.1 Å². The van der Waals surface area contributed by atoms with Gasteiger partial charge in [-0.2, -0.15) is 0 Å². The molecule has 0 saturated carbocycles. The molecule has 2 N–H and O–H groups in total. The van der Waals surface area contributed by atoms with Gasteiger partial charge in [0.1, 0.15) is 17.6 Å². The number of hydrogen-bond donors (Lipinski definition) is 2. The van der Waals surface area contributed by atoms with E-state index in [1.807, 2.05) is 42.1 Å². The number of imidazole rings is 1. The fourth-order valence-corrected chi connectivity index (χ4v) is 2.37. The van der Waals surface area contributed by atoms with Crippen LogP contribution in [-0.4, -0.2) is 43.0 Å². The smallest absolute Gasteiger partial charge is 0.315 e. The number of amides is 2. The van der Waals surface area contributed by atoms with Gasteiger partial charge in [-0.15, -0.1) is 0 Å². The third-order valence-corrected chi connectivity index (χ3v) is 3.63. The third kappa shape index (κ3) is 4.73. The molecule has 2 amide bonds. The van der Waals surface area contributed by atoms with Crippen LogP contribution in [0.5, 0.6) is 5.75 Å². The van der Waals surface area contributed by atoms with Gasteiger partial charge in [0.05, 0.1) is 7.11 Å². The molecule has 1 heterocycles. The first-order valence-electron chi connectivity index (χ1n) is 7.80. The van der Waals surface area contributed by atoms with Crippen molar-refractivity contribution in [2.75, 3.05) is 27.4 Å². The van der Waals surface area contributed by atoms with Crippen LogP contribution < -0.4 is 15.4 Å². The van der Waals surface area contributed by atoms with Gasteiger partial charge in [0, 0.05) is 39.7 Å². The van der Waals surface area contributed by atoms with Crippen LogP contribution >= 0.6 is 0 Å². The van der Waals surface area contributed by atoms with E-state index in [2.05, 4.69) is 15.6 Å². The van der Waals surface area contributed by atoms with Crippen molar-refractivity contribution in [3.05, 3.63) is 48.0 Å². The van der Waals surface area contributed by atoms with Crippen LogP contribution in [0.15, 0.2) is 36.7 Å². The molecule has 0 saturated heterocycles. The van der Waals surface area contributed by atoms with Crippen molar-refractivity contribution in [2.24, 2.45) is 7.05 Å². The summed E-state index contributed by atoms with van der Waals surface area (Å²) >= 11 is 0. The van der Waals surface area contributed by atoms with Crippen LogP contribution in [0.4, 0.5) is 4.79 Å². The number of nitrogens with zero attached hydrogens (tertiary/aromatic N) is 2. The Kier molecular flexibility index (Phi) is 6.62. The third-order valence-electron chi connectivity index (χ3n) is 3.63. The van der Waals surface area contributed by atoms with Crippen LogP contribution in [0, 0.1) is 0 Å². The standard InChI is InChI=1S/C17H24N4O3/c1-21-10-9-18-16(21)15(13-6-4-7-14(12-13)24-3)20-17(22)19-8-5-11-23-2/h4,6-7,9-10,12,15H,5,8,11H2,1-3H3,(H2,19,20,22). The first kappa shape index (κ1) is 17.8. The molecular formula is C17H24N4O3. The molecule has 130 valence electrons. The summed E-state index contributed by atoms with van der Waals surface area (Å²) in [5.74, 6) is 1.48. The first-order valence-corrected chi connectivity index (χ1v) is 7.80. The van der Waals surface area contributed by atoms with Gasteiger partial charge in [-0.1, -0.05) is 12.1 Å². The Balaban J connectivity index is 2.15. The Hall–Kier alpha value is -2.54. The number of methoxy groups -OCH3 is 2. The maximum Gasteiger partial charge on any atom is 0.315 e. The van der Waals surface area contributed by atoms with Crippen molar-refractivity contribution >= 4 is 6.03 Å². The number of rotatable bonds is 8. The quantitative estimate of drug-likeness (QED) is 0.723. The zero-order valence-corrected chi connectivity index (χ0v) is 14.3. The van der Waals surface area contributed by atoms with Crippen LogP contribution in [0.25, 0.3) is 0 Å². The zero-order chi connectivity index (χ0) is 17.4. The maximum atomic E-state index is 12.2. The minimum Gasteiger partial charge on any atom is -0.497 e. The Morgan fingerprint density at radius 3 is 2.88 bits per heavy atom. The lowest BCUT2D eigenvalue weighted by atomic mass is 10.1. The lowest BCUT2D eigenvalue weighted by Gasteiger charge is -2.20. The maximum absolute atomic E-state index is 12.2. The van der Waals surface area contributed by atoms with E-state index in [1.54, 1.807) is 20.4 Å². The zero-order valence-electron chi connectivity index (χ0n) is 14.3. The second-order valence-corrected chi connectivity index (χ2v) is 5.35. The number of nitrogens with one attached hydrogen (secondary N) is 2. The predicted molar refractivity (Wildman–Crippen MR) is 91.1 cm³/mol. The van der Waals surface area contributed by atoms with Crippen LogP contribution in [0.1, 0.15) is 23.9 Å². The van der Waals surface area contributed by atoms with E-state index < -0.39 is 0 Å². The average molecular weight is 332 g/mol. The van der Waals surface area contributed by atoms with E-state index in [0.717, 1.165) is 23.6 Å². The van der Waals surface area contributed by atoms with Gasteiger partial charge in [0.25, 0.3) is 0 Å². The molecule has 0 radical (unpaired) electrons. The monoisotopic (exact) mass is 332 g/mol.